The van der Waals surface area contributed by atoms with E-state index < -0.39 is 0 Å². The molecule has 1 unspecified atom stereocenters. The molecule has 118 valence electrons. The van der Waals surface area contributed by atoms with E-state index in [1.807, 2.05) is 30.0 Å². The normalized spacial score (nSPS) is 18.8. The largest absolute Gasteiger partial charge is 0.375 e. The average Bonchev–Trinajstić information content (AvgIpc) is 2.90. The fourth-order valence-electron chi connectivity index (χ4n) is 3.06. The fourth-order valence-corrected chi connectivity index (χ4v) is 3.06. The molecule has 0 radical (unpaired) electrons. The van der Waals surface area contributed by atoms with Crippen molar-refractivity contribution >= 4 is 16.9 Å². The Balaban J connectivity index is 1.72. The summed E-state index contributed by atoms with van der Waals surface area (Å²) in [6.45, 7) is 6.84. The van der Waals surface area contributed by atoms with Gasteiger partial charge in [0.2, 0.25) is 5.91 Å². The molecular formula is C17H23N3O2. The van der Waals surface area contributed by atoms with Crippen LogP contribution >= 0.6 is 0 Å². The Morgan fingerprint density at radius 1 is 1.41 bits per heavy atom. The molecule has 2 heterocycles. The molecule has 0 spiro atoms. The average molecular weight is 301 g/mol. The molecule has 0 aliphatic carbocycles. The molecule has 1 aliphatic rings. The van der Waals surface area contributed by atoms with E-state index in [2.05, 4.69) is 22.5 Å². The molecule has 1 aromatic heterocycles. The van der Waals surface area contributed by atoms with E-state index in [4.69, 9.17) is 4.74 Å². The van der Waals surface area contributed by atoms with Gasteiger partial charge in [-0.3, -0.25) is 4.79 Å². The molecule has 5 heteroatoms. The summed E-state index contributed by atoms with van der Waals surface area (Å²) in [5.41, 5.74) is 2.12. The highest BCUT2D eigenvalue weighted by Gasteiger charge is 2.21. The van der Waals surface area contributed by atoms with Gasteiger partial charge >= 0.3 is 0 Å². The van der Waals surface area contributed by atoms with Crippen molar-refractivity contribution in [3.05, 3.63) is 30.1 Å². The van der Waals surface area contributed by atoms with Crippen LogP contribution in [0.3, 0.4) is 0 Å². The van der Waals surface area contributed by atoms with Crippen LogP contribution < -0.4 is 0 Å². The first-order chi connectivity index (χ1) is 10.7. The Kier molecular flexibility index (Phi) is 4.43. The maximum atomic E-state index is 12.4. The SMILES string of the molecule is CCc1nc2ccccc2n1CCC(=O)N1CCOC(C)C1. The van der Waals surface area contributed by atoms with Crippen LogP contribution in [0.2, 0.25) is 0 Å². The Hall–Kier alpha value is -1.88. The number of carbonyl (C=O) groups is 1. The number of nitrogens with zero attached hydrogens (tertiary/aromatic N) is 3. The standard InChI is InChI=1S/C17H23N3O2/c1-3-16-18-14-6-4-5-7-15(14)20(16)9-8-17(21)19-10-11-22-13(2)12-19/h4-7,13H,3,8-12H2,1-2H3. The molecule has 2 aromatic rings. The third-order valence-corrected chi connectivity index (χ3v) is 4.19. The van der Waals surface area contributed by atoms with Gasteiger partial charge in [-0.2, -0.15) is 0 Å². The second-order valence-electron chi connectivity index (χ2n) is 5.79. The molecule has 1 fully saturated rings. The van der Waals surface area contributed by atoms with Gasteiger partial charge in [-0.1, -0.05) is 19.1 Å². The Bertz CT molecular complexity index is 665. The summed E-state index contributed by atoms with van der Waals surface area (Å²) in [4.78, 5) is 19.0. The van der Waals surface area contributed by atoms with E-state index >= 15 is 0 Å². The number of aromatic nitrogens is 2. The second kappa shape index (κ2) is 6.48. The number of morpholine rings is 1. The summed E-state index contributed by atoms with van der Waals surface area (Å²) >= 11 is 0. The minimum absolute atomic E-state index is 0.137. The van der Waals surface area contributed by atoms with Crippen molar-refractivity contribution < 1.29 is 9.53 Å². The maximum absolute atomic E-state index is 12.4. The zero-order valence-corrected chi connectivity index (χ0v) is 13.3. The molecule has 1 saturated heterocycles. The Labute approximate surface area is 130 Å². The number of carbonyl (C=O) groups excluding carboxylic acids is 1. The van der Waals surface area contributed by atoms with Gasteiger partial charge in [0.15, 0.2) is 0 Å². The van der Waals surface area contributed by atoms with Gasteiger partial charge in [0.25, 0.3) is 0 Å². The molecule has 1 aromatic carbocycles. The molecule has 0 N–H and O–H groups in total. The number of amides is 1. The number of para-hydroxylation sites is 2. The van der Waals surface area contributed by atoms with E-state index in [-0.39, 0.29) is 12.0 Å². The lowest BCUT2D eigenvalue weighted by atomic mass is 10.2. The third kappa shape index (κ3) is 2.99. The van der Waals surface area contributed by atoms with Crippen LogP contribution in [0.25, 0.3) is 11.0 Å². The van der Waals surface area contributed by atoms with Crippen molar-refractivity contribution in [2.75, 3.05) is 19.7 Å². The number of imidazole rings is 1. The predicted molar refractivity (Wildman–Crippen MR) is 85.7 cm³/mol. The van der Waals surface area contributed by atoms with Crippen LogP contribution in [-0.4, -0.2) is 46.2 Å². The summed E-state index contributed by atoms with van der Waals surface area (Å²) in [5, 5.41) is 0. The molecule has 0 bridgehead atoms. The molecule has 5 nitrogen and oxygen atoms in total. The Morgan fingerprint density at radius 2 is 2.23 bits per heavy atom. The van der Waals surface area contributed by atoms with E-state index in [1.165, 1.54) is 0 Å². The minimum Gasteiger partial charge on any atom is -0.375 e. The van der Waals surface area contributed by atoms with Crippen LogP contribution in [0.1, 0.15) is 26.1 Å². The number of benzene rings is 1. The zero-order valence-electron chi connectivity index (χ0n) is 13.3. The van der Waals surface area contributed by atoms with Crippen molar-refractivity contribution in [1.29, 1.82) is 0 Å². The number of fused-ring (bicyclic) bond motifs is 1. The van der Waals surface area contributed by atoms with Crippen molar-refractivity contribution in [3.8, 4) is 0 Å². The highest BCUT2D eigenvalue weighted by Crippen LogP contribution is 2.17. The first kappa shape index (κ1) is 15.0. The molecule has 1 aliphatic heterocycles. The number of hydrogen-bond donors (Lipinski definition) is 0. The Morgan fingerprint density at radius 3 is 3.00 bits per heavy atom. The van der Waals surface area contributed by atoms with Gasteiger partial charge in [0.1, 0.15) is 5.82 Å². The smallest absolute Gasteiger partial charge is 0.224 e. The molecule has 1 amide bonds. The molecule has 3 rings (SSSR count). The molecule has 1 atom stereocenters. The van der Waals surface area contributed by atoms with Crippen LogP contribution in [0, 0.1) is 0 Å². The zero-order chi connectivity index (χ0) is 15.5. The van der Waals surface area contributed by atoms with Crippen LogP contribution in [0.4, 0.5) is 0 Å². The number of hydrogen-bond acceptors (Lipinski definition) is 3. The maximum Gasteiger partial charge on any atom is 0.224 e. The number of ether oxygens (including phenoxy) is 1. The summed E-state index contributed by atoms with van der Waals surface area (Å²) in [6.07, 6.45) is 1.52. The summed E-state index contributed by atoms with van der Waals surface area (Å²) in [6, 6.07) is 8.12. The van der Waals surface area contributed by atoms with Gasteiger partial charge in [-0.15, -0.1) is 0 Å². The first-order valence-corrected chi connectivity index (χ1v) is 8.02. The summed E-state index contributed by atoms with van der Waals surface area (Å²) in [5.74, 6) is 1.25. The topological polar surface area (TPSA) is 47.4 Å². The van der Waals surface area contributed by atoms with Gasteiger partial charge in [0.05, 0.1) is 23.7 Å². The van der Waals surface area contributed by atoms with Crippen molar-refractivity contribution in [2.45, 2.75) is 39.3 Å². The van der Waals surface area contributed by atoms with Crippen molar-refractivity contribution in [2.24, 2.45) is 0 Å². The van der Waals surface area contributed by atoms with Gasteiger partial charge in [-0.25, -0.2) is 4.98 Å². The minimum atomic E-state index is 0.137. The molecular weight excluding hydrogens is 278 g/mol. The summed E-state index contributed by atoms with van der Waals surface area (Å²) < 4.78 is 7.67. The van der Waals surface area contributed by atoms with Crippen molar-refractivity contribution in [3.63, 3.8) is 0 Å². The lowest BCUT2D eigenvalue weighted by Crippen LogP contribution is -2.44. The quantitative estimate of drug-likeness (QED) is 0.870. The highest BCUT2D eigenvalue weighted by atomic mass is 16.5. The van der Waals surface area contributed by atoms with E-state index in [0.29, 0.717) is 32.7 Å². The highest BCUT2D eigenvalue weighted by molar-refractivity contribution is 5.78. The van der Waals surface area contributed by atoms with E-state index in [0.717, 1.165) is 23.3 Å². The summed E-state index contributed by atoms with van der Waals surface area (Å²) in [7, 11) is 0. The van der Waals surface area contributed by atoms with Crippen molar-refractivity contribution in [1.82, 2.24) is 14.5 Å². The molecule has 0 saturated carbocycles. The van der Waals surface area contributed by atoms with E-state index in [9.17, 15) is 4.79 Å². The second-order valence-corrected chi connectivity index (χ2v) is 5.79. The first-order valence-electron chi connectivity index (χ1n) is 8.02. The number of aryl methyl sites for hydroxylation is 2. The van der Waals surface area contributed by atoms with Gasteiger partial charge < -0.3 is 14.2 Å². The lowest BCUT2D eigenvalue weighted by molar-refractivity contribution is -0.138. The van der Waals surface area contributed by atoms with Gasteiger partial charge in [-0.05, 0) is 19.1 Å². The molecule has 22 heavy (non-hydrogen) atoms. The lowest BCUT2D eigenvalue weighted by Gasteiger charge is -2.31. The fraction of sp³-hybridized carbons (Fsp3) is 0.529. The van der Waals surface area contributed by atoms with Gasteiger partial charge in [0, 0.05) is 32.5 Å². The van der Waals surface area contributed by atoms with E-state index in [1.54, 1.807) is 0 Å². The van der Waals surface area contributed by atoms with Crippen LogP contribution in [0.5, 0.6) is 0 Å². The van der Waals surface area contributed by atoms with Crippen LogP contribution in [-0.2, 0) is 22.5 Å². The monoisotopic (exact) mass is 301 g/mol. The predicted octanol–water partition coefficient (Wildman–Crippen LogP) is 2.24. The third-order valence-electron chi connectivity index (χ3n) is 4.19. The van der Waals surface area contributed by atoms with Crippen LogP contribution in [0.15, 0.2) is 24.3 Å². The number of rotatable bonds is 4.